The van der Waals surface area contributed by atoms with Crippen LogP contribution >= 0.6 is 23.4 Å². The highest BCUT2D eigenvalue weighted by Crippen LogP contribution is 2.46. The maximum atomic E-state index is 13.5. The number of anilines is 1. The summed E-state index contributed by atoms with van der Waals surface area (Å²) in [4.78, 5) is 3.87. The Balaban J connectivity index is 1.63. The molecular formula is C21H23ClF3N3S. The van der Waals surface area contributed by atoms with Gasteiger partial charge < -0.3 is 16.0 Å². The van der Waals surface area contributed by atoms with E-state index in [-0.39, 0.29) is 6.04 Å². The molecule has 1 saturated heterocycles. The van der Waals surface area contributed by atoms with Gasteiger partial charge in [-0.2, -0.15) is 13.2 Å². The minimum atomic E-state index is -4.38. The van der Waals surface area contributed by atoms with Crippen molar-refractivity contribution in [3.63, 3.8) is 0 Å². The van der Waals surface area contributed by atoms with Gasteiger partial charge in [-0.3, -0.25) is 0 Å². The van der Waals surface area contributed by atoms with Crippen LogP contribution in [0, 0.1) is 0 Å². The Hall–Kier alpha value is -1.41. The van der Waals surface area contributed by atoms with Crippen LogP contribution < -0.4 is 11.1 Å². The van der Waals surface area contributed by atoms with Gasteiger partial charge in [0.25, 0.3) is 0 Å². The molecule has 1 fully saturated rings. The molecule has 0 amide bonds. The molecule has 8 heteroatoms. The Morgan fingerprint density at radius 1 is 1.14 bits per heavy atom. The Kier molecular flexibility index (Phi) is 6.02. The van der Waals surface area contributed by atoms with Crippen molar-refractivity contribution in [3.05, 3.63) is 52.0 Å². The van der Waals surface area contributed by atoms with Gasteiger partial charge >= 0.3 is 6.18 Å². The molecule has 0 aliphatic carbocycles. The van der Waals surface area contributed by atoms with E-state index >= 15 is 0 Å². The summed E-state index contributed by atoms with van der Waals surface area (Å²) in [5.41, 5.74) is 7.63. The lowest BCUT2D eigenvalue weighted by atomic mass is 9.98. The van der Waals surface area contributed by atoms with E-state index in [0.29, 0.717) is 28.6 Å². The number of rotatable bonds is 4. The van der Waals surface area contributed by atoms with E-state index in [9.17, 15) is 13.2 Å². The highest BCUT2D eigenvalue weighted by Gasteiger charge is 2.34. The summed E-state index contributed by atoms with van der Waals surface area (Å²) in [5, 5.41) is 4.02. The quantitative estimate of drug-likeness (QED) is 0.580. The predicted octanol–water partition coefficient (Wildman–Crippen LogP) is 5.25. The van der Waals surface area contributed by atoms with E-state index < -0.39 is 11.7 Å². The standard InChI is InChI=1S/C21H23ClF3N3S/c22-15-2-1-13-9-17-18(27-16-3-6-28(7-4-16)8-5-26)10-14(21(23,24)25)11-20(17)29-19(13)12-15/h1-2,10-12,16,27H,3-9,26H2. The normalized spacial score (nSPS) is 17.7. The molecule has 0 bridgehead atoms. The average Bonchev–Trinajstić information content (AvgIpc) is 2.67. The van der Waals surface area contributed by atoms with Gasteiger partial charge in [0.15, 0.2) is 0 Å². The number of nitrogens with one attached hydrogen (secondary N) is 1. The zero-order chi connectivity index (χ0) is 20.6. The zero-order valence-electron chi connectivity index (χ0n) is 15.9. The van der Waals surface area contributed by atoms with Gasteiger partial charge in [-0.1, -0.05) is 29.4 Å². The fourth-order valence-electron chi connectivity index (χ4n) is 3.99. The molecule has 3 N–H and O–H groups in total. The second kappa shape index (κ2) is 8.38. The van der Waals surface area contributed by atoms with Crippen LogP contribution in [-0.2, 0) is 12.6 Å². The highest BCUT2D eigenvalue weighted by molar-refractivity contribution is 7.99. The van der Waals surface area contributed by atoms with E-state index in [1.165, 1.54) is 23.9 Å². The predicted molar refractivity (Wildman–Crippen MR) is 112 cm³/mol. The third-order valence-electron chi connectivity index (χ3n) is 5.55. The number of benzene rings is 2. The first-order valence-electron chi connectivity index (χ1n) is 9.73. The summed E-state index contributed by atoms with van der Waals surface area (Å²) in [5.74, 6) is 0. The largest absolute Gasteiger partial charge is 0.416 e. The van der Waals surface area contributed by atoms with Crippen LogP contribution in [0.15, 0.2) is 40.1 Å². The third kappa shape index (κ3) is 4.68. The summed E-state index contributed by atoms with van der Waals surface area (Å²) in [7, 11) is 0. The topological polar surface area (TPSA) is 41.3 Å². The van der Waals surface area contributed by atoms with Crippen LogP contribution in [0.2, 0.25) is 5.02 Å². The van der Waals surface area contributed by atoms with Crippen LogP contribution in [0.1, 0.15) is 29.5 Å². The lowest BCUT2D eigenvalue weighted by molar-refractivity contribution is -0.137. The van der Waals surface area contributed by atoms with E-state index in [4.69, 9.17) is 17.3 Å². The summed E-state index contributed by atoms with van der Waals surface area (Å²) in [6, 6.07) is 8.31. The molecule has 0 aromatic heterocycles. The molecule has 2 heterocycles. The van der Waals surface area contributed by atoms with Crippen molar-refractivity contribution >= 4 is 29.1 Å². The van der Waals surface area contributed by atoms with E-state index in [1.807, 2.05) is 18.2 Å². The molecule has 4 rings (SSSR count). The van der Waals surface area contributed by atoms with Gasteiger partial charge in [0.05, 0.1) is 5.56 Å². The van der Waals surface area contributed by atoms with Crippen LogP contribution in [-0.4, -0.2) is 37.1 Å². The van der Waals surface area contributed by atoms with Gasteiger partial charge in [0, 0.05) is 59.1 Å². The molecule has 0 saturated carbocycles. The van der Waals surface area contributed by atoms with Gasteiger partial charge in [-0.05, 0) is 48.2 Å². The van der Waals surface area contributed by atoms with Crippen molar-refractivity contribution in [3.8, 4) is 0 Å². The number of nitrogens with zero attached hydrogens (tertiary/aromatic N) is 1. The summed E-state index contributed by atoms with van der Waals surface area (Å²) in [6.07, 6.45) is -2.00. The Morgan fingerprint density at radius 2 is 1.90 bits per heavy atom. The van der Waals surface area contributed by atoms with Crippen molar-refractivity contribution in [2.24, 2.45) is 5.73 Å². The van der Waals surface area contributed by atoms with Gasteiger partial charge in [-0.15, -0.1) is 0 Å². The molecule has 0 radical (unpaired) electrons. The van der Waals surface area contributed by atoms with Gasteiger partial charge in [-0.25, -0.2) is 0 Å². The molecule has 0 unspecified atom stereocenters. The number of hydrogen-bond donors (Lipinski definition) is 2. The van der Waals surface area contributed by atoms with E-state index in [1.54, 1.807) is 0 Å². The van der Waals surface area contributed by atoms with Gasteiger partial charge in [0.1, 0.15) is 0 Å². The number of piperidine rings is 1. The number of fused-ring (bicyclic) bond motifs is 2. The van der Waals surface area contributed by atoms with Crippen molar-refractivity contribution in [2.45, 2.75) is 41.3 Å². The molecule has 2 aliphatic heterocycles. The summed E-state index contributed by atoms with van der Waals surface area (Å²) >= 11 is 7.45. The molecule has 2 aromatic rings. The second-order valence-electron chi connectivity index (χ2n) is 7.58. The minimum absolute atomic E-state index is 0.160. The Labute approximate surface area is 177 Å². The first-order valence-corrected chi connectivity index (χ1v) is 10.9. The smallest absolute Gasteiger partial charge is 0.382 e. The average molecular weight is 442 g/mol. The summed E-state index contributed by atoms with van der Waals surface area (Å²) in [6.45, 7) is 3.31. The van der Waals surface area contributed by atoms with E-state index in [2.05, 4.69) is 10.2 Å². The molecule has 29 heavy (non-hydrogen) atoms. The number of nitrogens with two attached hydrogens (primary N) is 1. The zero-order valence-corrected chi connectivity index (χ0v) is 17.4. The fourth-order valence-corrected chi connectivity index (χ4v) is 5.42. The van der Waals surface area contributed by atoms with Gasteiger partial charge in [0.2, 0.25) is 0 Å². The van der Waals surface area contributed by atoms with E-state index in [0.717, 1.165) is 48.5 Å². The van der Waals surface area contributed by atoms with Crippen molar-refractivity contribution in [1.29, 1.82) is 0 Å². The van der Waals surface area contributed by atoms with Crippen LogP contribution in [0.3, 0.4) is 0 Å². The number of alkyl halides is 3. The Bertz CT molecular complexity index is 895. The Morgan fingerprint density at radius 3 is 2.59 bits per heavy atom. The first kappa shape index (κ1) is 20.8. The number of hydrogen-bond acceptors (Lipinski definition) is 4. The molecule has 0 atom stereocenters. The van der Waals surface area contributed by atoms with Crippen LogP contribution in [0.5, 0.6) is 0 Å². The summed E-state index contributed by atoms with van der Waals surface area (Å²) < 4.78 is 40.6. The highest BCUT2D eigenvalue weighted by atomic mass is 35.5. The van der Waals surface area contributed by atoms with Crippen molar-refractivity contribution in [1.82, 2.24) is 4.90 Å². The lowest BCUT2D eigenvalue weighted by Gasteiger charge is -2.34. The SMILES string of the molecule is NCCN1CCC(Nc2cc(C(F)(F)F)cc3c2Cc2ccc(Cl)cc2S3)CC1. The molecule has 3 nitrogen and oxygen atoms in total. The monoisotopic (exact) mass is 441 g/mol. The molecule has 156 valence electrons. The molecule has 2 aromatic carbocycles. The first-order chi connectivity index (χ1) is 13.8. The maximum Gasteiger partial charge on any atom is 0.416 e. The number of likely N-dealkylation sites (tertiary alicyclic amines) is 1. The maximum absolute atomic E-state index is 13.5. The molecule has 0 spiro atoms. The minimum Gasteiger partial charge on any atom is -0.382 e. The van der Waals surface area contributed by atoms with Crippen LogP contribution in [0.25, 0.3) is 0 Å². The van der Waals surface area contributed by atoms with Crippen molar-refractivity contribution in [2.75, 3.05) is 31.5 Å². The van der Waals surface area contributed by atoms with Crippen molar-refractivity contribution < 1.29 is 13.2 Å². The second-order valence-corrected chi connectivity index (χ2v) is 9.10. The third-order valence-corrected chi connectivity index (χ3v) is 6.96. The number of halogens is 4. The fraction of sp³-hybridized carbons (Fsp3) is 0.429. The van der Waals surface area contributed by atoms with Crippen LogP contribution in [0.4, 0.5) is 18.9 Å². The molecule has 2 aliphatic rings. The lowest BCUT2D eigenvalue weighted by Crippen LogP contribution is -2.41. The molecular weight excluding hydrogens is 419 g/mol.